The van der Waals surface area contributed by atoms with Crippen molar-refractivity contribution < 1.29 is 0 Å². The van der Waals surface area contributed by atoms with Crippen molar-refractivity contribution in [1.82, 2.24) is 0 Å². The zero-order valence-corrected chi connectivity index (χ0v) is 13.4. The smallest absolute Gasteiger partial charge is 0.0467 e. The highest BCUT2D eigenvalue weighted by molar-refractivity contribution is 9.10. The minimum absolute atomic E-state index is 0.801. The molecular formula is C16H16BrClN2. The van der Waals surface area contributed by atoms with Crippen LogP contribution in [0.4, 0.5) is 11.4 Å². The lowest BCUT2D eigenvalue weighted by atomic mass is 10.0. The van der Waals surface area contributed by atoms with Gasteiger partial charge in [0.25, 0.3) is 0 Å². The quantitative estimate of drug-likeness (QED) is 0.799. The molecule has 0 aromatic heterocycles. The van der Waals surface area contributed by atoms with Gasteiger partial charge in [-0.3, -0.25) is 0 Å². The maximum absolute atomic E-state index is 6.33. The summed E-state index contributed by atoms with van der Waals surface area (Å²) in [4.78, 5) is 2.37. The molecule has 0 fully saturated rings. The summed E-state index contributed by atoms with van der Waals surface area (Å²) in [6.45, 7) is 1.87. The molecule has 0 radical (unpaired) electrons. The highest BCUT2D eigenvalue weighted by Crippen LogP contribution is 2.32. The minimum Gasteiger partial charge on any atom is -0.399 e. The van der Waals surface area contributed by atoms with Crippen molar-refractivity contribution in [3.8, 4) is 0 Å². The van der Waals surface area contributed by atoms with Crippen LogP contribution in [0.2, 0.25) is 5.02 Å². The van der Waals surface area contributed by atoms with E-state index in [1.54, 1.807) is 0 Å². The SMILES string of the molecule is Nc1ccc2c(c1)N(Cc1ccc(Br)cc1Cl)CCC2. The third kappa shape index (κ3) is 2.79. The molecule has 1 heterocycles. The van der Waals surface area contributed by atoms with E-state index in [4.69, 9.17) is 17.3 Å². The molecule has 2 N–H and O–H groups in total. The summed E-state index contributed by atoms with van der Waals surface area (Å²) in [6, 6.07) is 12.2. The average Bonchev–Trinajstić information content (AvgIpc) is 2.42. The van der Waals surface area contributed by atoms with Gasteiger partial charge < -0.3 is 10.6 Å². The van der Waals surface area contributed by atoms with Crippen LogP contribution in [0.3, 0.4) is 0 Å². The van der Waals surface area contributed by atoms with Gasteiger partial charge in [0.05, 0.1) is 0 Å². The lowest BCUT2D eigenvalue weighted by Crippen LogP contribution is -2.29. The second-order valence-electron chi connectivity index (χ2n) is 5.15. The molecule has 2 aromatic rings. The molecule has 1 aliphatic rings. The van der Waals surface area contributed by atoms with Gasteiger partial charge in [-0.25, -0.2) is 0 Å². The molecular weight excluding hydrogens is 336 g/mol. The molecule has 2 aromatic carbocycles. The molecule has 4 heteroatoms. The van der Waals surface area contributed by atoms with E-state index in [1.807, 2.05) is 18.2 Å². The number of hydrogen-bond acceptors (Lipinski definition) is 2. The summed E-state index contributed by atoms with van der Waals surface area (Å²) in [6.07, 6.45) is 2.30. The van der Waals surface area contributed by atoms with Crippen molar-refractivity contribution >= 4 is 38.9 Å². The number of hydrogen-bond donors (Lipinski definition) is 1. The lowest BCUT2D eigenvalue weighted by Gasteiger charge is -2.32. The molecule has 2 nitrogen and oxygen atoms in total. The van der Waals surface area contributed by atoms with E-state index >= 15 is 0 Å². The molecule has 0 spiro atoms. The molecule has 0 aliphatic carbocycles. The van der Waals surface area contributed by atoms with Crippen LogP contribution in [-0.4, -0.2) is 6.54 Å². The van der Waals surface area contributed by atoms with Crippen LogP contribution in [0.15, 0.2) is 40.9 Å². The Kier molecular flexibility index (Phi) is 3.90. The lowest BCUT2D eigenvalue weighted by molar-refractivity contribution is 0.691. The Bertz CT molecular complexity index is 642. The summed E-state index contributed by atoms with van der Waals surface area (Å²) >= 11 is 9.77. The van der Waals surface area contributed by atoms with Gasteiger partial charge >= 0.3 is 0 Å². The highest BCUT2D eigenvalue weighted by Gasteiger charge is 2.18. The van der Waals surface area contributed by atoms with Crippen molar-refractivity contribution in [2.45, 2.75) is 19.4 Å². The van der Waals surface area contributed by atoms with Crippen molar-refractivity contribution in [3.05, 3.63) is 57.0 Å². The largest absolute Gasteiger partial charge is 0.399 e. The number of fused-ring (bicyclic) bond motifs is 1. The first-order valence-corrected chi connectivity index (χ1v) is 7.88. The van der Waals surface area contributed by atoms with Crippen LogP contribution < -0.4 is 10.6 Å². The van der Waals surface area contributed by atoms with Crippen LogP contribution in [0, 0.1) is 0 Å². The van der Waals surface area contributed by atoms with Gasteiger partial charge in [0.1, 0.15) is 0 Å². The minimum atomic E-state index is 0.801. The molecule has 0 amide bonds. The molecule has 3 rings (SSSR count). The number of anilines is 2. The van der Waals surface area contributed by atoms with Gasteiger partial charge in [0, 0.05) is 34.0 Å². The van der Waals surface area contributed by atoms with Crippen molar-refractivity contribution in [2.75, 3.05) is 17.2 Å². The Morgan fingerprint density at radius 1 is 1.20 bits per heavy atom. The first-order valence-electron chi connectivity index (χ1n) is 6.71. The summed E-state index contributed by atoms with van der Waals surface area (Å²) in [5, 5.41) is 0.801. The number of nitrogens with zero attached hydrogens (tertiary/aromatic N) is 1. The fraction of sp³-hybridized carbons (Fsp3) is 0.250. The summed E-state index contributed by atoms with van der Waals surface area (Å²) in [5.74, 6) is 0. The van der Waals surface area contributed by atoms with Crippen LogP contribution in [-0.2, 0) is 13.0 Å². The van der Waals surface area contributed by atoms with Gasteiger partial charge in [-0.15, -0.1) is 0 Å². The van der Waals surface area contributed by atoms with E-state index < -0.39 is 0 Å². The number of nitrogens with two attached hydrogens (primary N) is 1. The van der Waals surface area contributed by atoms with Crippen LogP contribution in [0.1, 0.15) is 17.5 Å². The number of aryl methyl sites for hydroxylation is 1. The Morgan fingerprint density at radius 3 is 2.85 bits per heavy atom. The van der Waals surface area contributed by atoms with Crippen molar-refractivity contribution in [2.24, 2.45) is 0 Å². The molecule has 0 saturated heterocycles. The Hall–Kier alpha value is -1.19. The van der Waals surface area contributed by atoms with Crippen LogP contribution >= 0.6 is 27.5 Å². The van der Waals surface area contributed by atoms with Gasteiger partial charge in [0.15, 0.2) is 0 Å². The summed E-state index contributed by atoms with van der Waals surface area (Å²) < 4.78 is 1.01. The predicted molar refractivity (Wildman–Crippen MR) is 89.4 cm³/mol. The van der Waals surface area contributed by atoms with Crippen molar-refractivity contribution in [3.63, 3.8) is 0 Å². The number of rotatable bonds is 2. The Balaban J connectivity index is 1.91. The zero-order valence-electron chi connectivity index (χ0n) is 11.1. The van der Waals surface area contributed by atoms with E-state index in [9.17, 15) is 0 Å². The highest BCUT2D eigenvalue weighted by atomic mass is 79.9. The van der Waals surface area contributed by atoms with Gasteiger partial charge in [0.2, 0.25) is 0 Å². The predicted octanol–water partition coefficient (Wildman–Crippen LogP) is 4.64. The second kappa shape index (κ2) is 5.66. The van der Waals surface area contributed by atoms with E-state index in [-0.39, 0.29) is 0 Å². The fourth-order valence-corrected chi connectivity index (χ4v) is 3.42. The summed E-state index contributed by atoms with van der Waals surface area (Å²) in [7, 11) is 0. The average molecular weight is 352 g/mol. The third-order valence-electron chi connectivity index (χ3n) is 3.70. The van der Waals surface area contributed by atoms with Crippen LogP contribution in [0.25, 0.3) is 0 Å². The van der Waals surface area contributed by atoms with Gasteiger partial charge in [-0.2, -0.15) is 0 Å². The number of halogens is 2. The molecule has 104 valence electrons. The molecule has 20 heavy (non-hydrogen) atoms. The van der Waals surface area contributed by atoms with E-state index in [0.717, 1.165) is 40.3 Å². The zero-order chi connectivity index (χ0) is 14.1. The Labute approximate surface area is 132 Å². The normalized spacial score (nSPS) is 14.2. The van der Waals surface area contributed by atoms with Crippen molar-refractivity contribution in [1.29, 1.82) is 0 Å². The molecule has 0 saturated carbocycles. The molecule has 0 unspecified atom stereocenters. The van der Waals surface area contributed by atoms with E-state index in [0.29, 0.717) is 0 Å². The number of nitrogen functional groups attached to an aromatic ring is 1. The topological polar surface area (TPSA) is 29.3 Å². The molecule has 0 bridgehead atoms. The van der Waals surface area contributed by atoms with Gasteiger partial charge in [-0.05, 0) is 48.2 Å². The first-order chi connectivity index (χ1) is 9.63. The van der Waals surface area contributed by atoms with Gasteiger partial charge in [-0.1, -0.05) is 39.7 Å². The maximum Gasteiger partial charge on any atom is 0.0467 e. The second-order valence-corrected chi connectivity index (χ2v) is 6.47. The number of benzene rings is 2. The first kappa shape index (κ1) is 13.8. The standard InChI is InChI=1S/C16H16BrClN2/c17-13-5-3-12(15(18)8-13)10-20-7-1-2-11-4-6-14(19)9-16(11)20/h3-6,8-9H,1-2,7,10,19H2. The van der Waals surface area contributed by atoms with Crippen LogP contribution in [0.5, 0.6) is 0 Å². The monoisotopic (exact) mass is 350 g/mol. The molecule has 0 atom stereocenters. The Morgan fingerprint density at radius 2 is 2.05 bits per heavy atom. The van der Waals surface area contributed by atoms with E-state index in [1.165, 1.54) is 17.7 Å². The van der Waals surface area contributed by atoms with E-state index in [2.05, 4.69) is 39.0 Å². The molecule has 1 aliphatic heterocycles. The maximum atomic E-state index is 6.33. The fourth-order valence-electron chi connectivity index (χ4n) is 2.69. The third-order valence-corrected chi connectivity index (χ3v) is 4.55. The summed E-state index contributed by atoms with van der Waals surface area (Å²) in [5.41, 5.74) is 10.5.